The number of fused-ring (bicyclic) bond motifs is 1. The van der Waals surface area contributed by atoms with Gasteiger partial charge in [-0.1, -0.05) is 0 Å². The molecule has 1 N–H and O–H groups in total. The van der Waals surface area contributed by atoms with Crippen molar-refractivity contribution in [3.8, 4) is 11.5 Å². The Morgan fingerprint density at radius 3 is 2.59 bits per heavy atom. The van der Waals surface area contributed by atoms with Crippen LogP contribution in [0.2, 0.25) is 0 Å². The van der Waals surface area contributed by atoms with Gasteiger partial charge in [0.1, 0.15) is 0 Å². The van der Waals surface area contributed by atoms with E-state index < -0.39 is 0 Å². The molecule has 2 rings (SSSR count). The molecule has 1 aromatic carbocycles. The number of ether oxygens (including phenoxy) is 3. The lowest BCUT2D eigenvalue weighted by Gasteiger charge is -2.08. The zero-order valence-corrected chi connectivity index (χ0v) is 9.56. The number of carbonyl (C=O) groups excluding carboxylic acids is 1. The van der Waals surface area contributed by atoms with E-state index in [1.807, 2.05) is 0 Å². The summed E-state index contributed by atoms with van der Waals surface area (Å²) in [6.45, 7) is 0.105. The largest absolute Gasteiger partial charge is 0.469 e. The second-order valence-electron chi connectivity index (χ2n) is 3.71. The van der Waals surface area contributed by atoms with Crippen molar-refractivity contribution in [2.45, 2.75) is 19.4 Å². The molecule has 0 fully saturated rings. The fourth-order valence-corrected chi connectivity index (χ4v) is 1.74. The zero-order chi connectivity index (χ0) is 12.3. The van der Waals surface area contributed by atoms with Gasteiger partial charge in [-0.3, -0.25) is 4.79 Å². The molecule has 17 heavy (non-hydrogen) atoms. The number of rotatable bonds is 4. The van der Waals surface area contributed by atoms with Gasteiger partial charge in [0.25, 0.3) is 0 Å². The van der Waals surface area contributed by atoms with Crippen molar-refractivity contribution >= 4 is 5.97 Å². The van der Waals surface area contributed by atoms with Gasteiger partial charge in [0.05, 0.1) is 13.7 Å². The van der Waals surface area contributed by atoms with E-state index >= 15 is 0 Å². The fraction of sp³-hybridized carbons (Fsp3) is 0.417. The van der Waals surface area contributed by atoms with Crippen LogP contribution in [0.4, 0.5) is 0 Å². The van der Waals surface area contributed by atoms with Crippen molar-refractivity contribution in [3.63, 3.8) is 0 Å². The summed E-state index contributed by atoms with van der Waals surface area (Å²) in [5.41, 5.74) is 1.63. The number of aliphatic hydroxyl groups is 1. The molecular formula is C12H14O5. The predicted octanol–water partition coefficient (Wildman–Crippen LogP) is 1.01. The van der Waals surface area contributed by atoms with Crippen molar-refractivity contribution in [1.29, 1.82) is 0 Å². The van der Waals surface area contributed by atoms with Crippen molar-refractivity contribution < 1.29 is 24.1 Å². The van der Waals surface area contributed by atoms with Gasteiger partial charge in [-0.2, -0.15) is 0 Å². The van der Waals surface area contributed by atoms with Gasteiger partial charge in [0, 0.05) is 6.42 Å². The smallest absolute Gasteiger partial charge is 0.305 e. The average Bonchev–Trinajstić information content (AvgIpc) is 2.81. The number of hydrogen-bond acceptors (Lipinski definition) is 5. The molecule has 0 saturated heterocycles. The standard InChI is InChI=1S/C12H14O5/c1-15-12(14)3-2-8-4-10-11(17-7-16-10)5-9(8)6-13/h4-5,13H,2-3,6-7H2,1H3. The lowest BCUT2D eigenvalue weighted by Crippen LogP contribution is -2.03. The summed E-state index contributed by atoms with van der Waals surface area (Å²) in [5, 5.41) is 9.26. The van der Waals surface area contributed by atoms with Gasteiger partial charge in [0.2, 0.25) is 6.79 Å². The number of aryl methyl sites for hydroxylation is 1. The minimum atomic E-state index is -0.272. The minimum Gasteiger partial charge on any atom is -0.469 e. The van der Waals surface area contributed by atoms with E-state index in [-0.39, 0.29) is 25.8 Å². The Balaban J connectivity index is 2.17. The second kappa shape index (κ2) is 5.05. The Morgan fingerprint density at radius 1 is 1.35 bits per heavy atom. The van der Waals surface area contributed by atoms with Crippen LogP contribution in [0.1, 0.15) is 17.5 Å². The SMILES string of the molecule is COC(=O)CCc1cc2c(cc1CO)OCO2. The van der Waals surface area contributed by atoms with E-state index in [2.05, 4.69) is 4.74 Å². The molecule has 0 radical (unpaired) electrons. The summed E-state index contributed by atoms with van der Waals surface area (Å²) >= 11 is 0. The van der Waals surface area contributed by atoms with E-state index in [0.717, 1.165) is 11.1 Å². The molecule has 5 nitrogen and oxygen atoms in total. The monoisotopic (exact) mass is 238 g/mol. The molecule has 1 heterocycles. The fourth-order valence-electron chi connectivity index (χ4n) is 1.74. The highest BCUT2D eigenvalue weighted by Gasteiger charge is 2.17. The first-order valence-corrected chi connectivity index (χ1v) is 5.33. The summed E-state index contributed by atoms with van der Waals surface area (Å²) in [5.74, 6) is 1.02. The Kier molecular flexibility index (Phi) is 3.49. The number of methoxy groups -OCH3 is 1. The average molecular weight is 238 g/mol. The summed E-state index contributed by atoms with van der Waals surface area (Å²) < 4.78 is 15.1. The summed E-state index contributed by atoms with van der Waals surface area (Å²) in [6, 6.07) is 3.55. The summed E-state index contributed by atoms with van der Waals surface area (Å²) in [7, 11) is 1.36. The van der Waals surface area contributed by atoms with Crippen LogP contribution in [0.15, 0.2) is 12.1 Å². The molecule has 0 aliphatic carbocycles. The highest BCUT2D eigenvalue weighted by atomic mass is 16.7. The Hall–Kier alpha value is -1.75. The van der Waals surface area contributed by atoms with Crippen LogP contribution in [0, 0.1) is 0 Å². The molecule has 1 aromatic rings. The first-order chi connectivity index (χ1) is 8.24. The van der Waals surface area contributed by atoms with Gasteiger partial charge >= 0.3 is 5.97 Å². The van der Waals surface area contributed by atoms with E-state index in [1.54, 1.807) is 12.1 Å². The molecular weight excluding hydrogens is 224 g/mol. The molecule has 1 aliphatic heterocycles. The van der Waals surface area contributed by atoms with Crippen LogP contribution < -0.4 is 9.47 Å². The van der Waals surface area contributed by atoms with Gasteiger partial charge in [0.15, 0.2) is 11.5 Å². The quantitative estimate of drug-likeness (QED) is 0.793. The molecule has 0 spiro atoms. The number of carbonyl (C=O) groups is 1. The molecule has 0 atom stereocenters. The molecule has 1 aliphatic rings. The van der Waals surface area contributed by atoms with E-state index in [4.69, 9.17) is 9.47 Å². The van der Waals surface area contributed by atoms with E-state index in [1.165, 1.54) is 7.11 Å². The second-order valence-corrected chi connectivity index (χ2v) is 3.71. The first-order valence-electron chi connectivity index (χ1n) is 5.33. The number of aliphatic hydroxyl groups excluding tert-OH is 1. The molecule has 5 heteroatoms. The minimum absolute atomic E-state index is 0.0901. The van der Waals surface area contributed by atoms with Gasteiger partial charge in [-0.25, -0.2) is 0 Å². The maximum atomic E-state index is 11.1. The van der Waals surface area contributed by atoms with E-state index in [9.17, 15) is 9.90 Å². The molecule has 0 amide bonds. The van der Waals surface area contributed by atoms with Crippen LogP contribution in [-0.2, 0) is 22.6 Å². The van der Waals surface area contributed by atoms with Crippen LogP contribution in [-0.4, -0.2) is 25.0 Å². The lowest BCUT2D eigenvalue weighted by atomic mass is 10.0. The first kappa shape index (κ1) is 11.7. The van der Waals surface area contributed by atoms with Gasteiger partial charge in [-0.05, 0) is 29.7 Å². The topological polar surface area (TPSA) is 65.0 Å². The van der Waals surface area contributed by atoms with Gasteiger partial charge < -0.3 is 19.3 Å². The van der Waals surface area contributed by atoms with Crippen molar-refractivity contribution in [1.82, 2.24) is 0 Å². The lowest BCUT2D eigenvalue weighted by molar-refractivity contribution is -0.140. The Bertz CT molecular complexity index is 427. The predicted molar refractivity (Wildman–Crippen MR) is 58.8 cm³/mol. The summed E-state index contributed by atoms with van der Waals surface area (Å²) in [6.07, 6.45) is 0.794. The maximum Gasteiger partial charge on any atom is 0.305 e. The highest BCUT2D eigenvalue weighted by molar-refractivity contribution is 5.69. The Morgan fingerprint density at radius 2 is 2.00 bits per heavy atom. The third-order valence-electron chi connectivity index (χ3n) is 2.69. The molecule has 0 aromatic heterocycles. The van der Waals surface area contributed by atoms with Crippen LogP contribution in [0.3, 0.4) is 0 Å². The molecule has 0 saturated carbocycles. The highest BCUT2D eigenvalue weighted by Crippen LogP contribution is 2.35. The maximum absolute atomic E-state index is 11.1. The third kappa shape index (κ3) is 2.50. The molecule has 0 bridgehead atoms. The van der Waals surface area contributed by atoms with Crippen molar-refractivity contribution in [2.75, 3.05) is 13.9 Å². The molecule has 0 unspecified atom stereocenters. The van der Waals surface area contributed by atoms with Crippen molar-refractivity contribution in [2.24, 2.45) is 0 Å². The summed E-state index contributed by atoms with van der Waals surface area (Å²) in [4.78, 5) is 11.1. The number of hydrogen-bond donors (Lipinski definition) is 1. The van der Waals surface area contributed by atoms with Crippen LogP contribution in [0.25, 0.3) is 0 Å². The van der Waals surface area contributed by atoms with Crippen molar-refractivity contribution in [3.05, 3.63) is 23.3 Å². The third-order valence-corrected chi connectivity index (χ3v) is 2.69. The Labute approximate surface area is 98.9 Å². The number of esters is 1. The van der Waals surface area contributed by atoms with Crippen LogP contribution in [0.5, 0.6) is 11.5 Å². The normalized spacial score (nSPS) is 12.6. The zero-order valence-electron chi connectivity index (χ0n) is 9.56. The van der Waals surface area contributed by atoms with Crippen LogP contribution >= 0.6 is 0 Å². The van der Waals surface area contributed by atoms with Gasteiger partial charge in [-0.15, -0.1) is 0 Å². The number of benzene rings is 1. The molecule has 92 valence electrons. The van der Waals surface area contributed by atoms with E-state index in [0.29, 0.717) is 17.9 Å².